The Morgan fingerprint density at radius 1 is 1.42 bits per heavy atom. The van der Waals surface area contributed by atoms with Crippen molar-refractivity contribution in [1.82, 2.24) is 0 Å². The third-order valence-electron chi connectivity index (χ3n) is 3.20. The molecule has 6 heteroatoms. The van der Waals surface area contributed by atoms with E-state index < -0.39 is 5.63 Å². The molecule has 0 spiro atoms. The van der Waals surface area contributed by atoms with Gasteiger partial charge in [-0.25, -0.2) is 4.79 Å². The van der Waals surface area contributed by atoms with Crippen molar-refractivity contribution in [2.75, 3.05) is 6.61 Å². The van der Waals surface area contributed by atoms with Crippen LogP contribution in [0, 0.1) is 0 Å². The van der Waals surface area contributed by atoms with Crippen LogP contribution in [-0.2, 0) is 4.84 Å². The zero-order valence-corrected chi connectivity index (χ0v) is 14.0. The summed E-state index contributed by atoms with van der Waals surface area (Å²) in [6.45, 7) is 5.67. The Balaban J connectivity index is 2.44. The van der Waals surface area contributed by atoms with Gasteiger partial charge in [0.2, 0.25) is 0 Å². The average molecular weight is 348 g/mol. The van der Waals surface area contributed by atoms with Crippen molar-refractivity contribution in [3.63, 3.8) is 0 Å². The van der Waals surface area contributed by atoms with Crippen LogP contribution in [0.2, 0.25) is 5.02 Å². The first kappa shape index (κ1) is 17.8. The van der Waals surface area contributed by atoms with Gasteiger partial charge in [-0.15, -0.1) is 0 Å². The van der Waals surface area contributed by atoms with Gasteiger partial charge >= 0.3 is 5.63 Å². The monoisotopic (exact) mass is 347 g/mol. The van der Waals surface area contributed by atoms with Crippen LogP contribution in [0.25, 0.3) is 11.3 Å². The van der Waals surface area contributed by atoms with Crippen LogP contribution in [0.4, 0.5) is 0 Å². The fourth-order valence-corrected chi connectivity index (χ4v) is 2.25. The summed E-state index contributed by atoms with van der Waals surface area (Å²) in [6.07, 6.45) is 2.74. The molecule has 0 aliphatic carbocycles. The molecular formula is C18H18ClNO4. The fraction of sp³-hybridized carbons (Fsp3) is 0.222. The Morgan fingerprint density at radius 3 is 2.71 bits per heavy atom. The topological polar surface area (TPSA) is 72.0 Å². The minimum atomic E-state index is -0.672. The van der Waals surface area contributed by atoms with Gasteiger partial charge < -0.3 is 14.4 Å². The highest BCUT2D eigenvalue weighted by Gasteiger charge is 2.18. The third kappa shape index (κ3) is 4.26. The van der Waals surface area contributed by atoms with E-state index in [0.29, 0.717) is 22.7 Å². The molecule has 0 atom stereocenters. The van der Waals surface area contributed by atoms with Gasteiger partial charge in [0.1, 0.15) is 23.7 Å². The largest absolute Gasteiger partial charge is 0.507 e. The molecular weight excluding hydrogens is 330 g/mol. The Kier molecular flexibility index (Phi) is 6.21. The summed E-state index contributed by atoms with van der Waals surface area (Å²) in [6, 6.07) is 8.14. The van der Waals surface area contributed by atoms with E-state index in [9.17, 15) is 9.90 Å². The molecule has 5 nitrogen and oxygen atoms in total. The van der Waals surface area contributed by atoms with Crippen molar-refractivity contribution in [3.05, 3.63) is 64.0 Å². The van der Waals surface area contributed by atoms with E-state index in [-0.39, 0.29) is 23.7 Å². The van der Waals surface area contributed by atoms with Gasteiger partial charge in [-0.2, -0.15) is 0 Å². The molecule has 1 aromatic heterocycles. The van der Waals surface area contributed by atoms with Crippen molar-refractivity contribution in [2.45, 2.75) is 19.8 Å². The summed E-state index contributed by atoms with van der Waals surface area (Å²) < 4.78 is 5.33. The zero-order valence-electron chi connectivity index (χ0n) is 13.3. The smallest absolute Gasteiger partial charge is 0.349 e. The number of oxime groups is 1. The van der Waals surface area contributed by atoms with Gasteiger partial charge in [-0.1, -0.05) is 42.8 Å². The van der Waals surface area contributed by atoms with Crippen LogP contribution in [0.3, 0.4) is 0 Å². The Bertz CT molecular complexity index is 794. The molecule has 0 aliphatic rings. The van der Waals surface area contributed by atoms with E-state index in [0.717, 1.165) is 6.42 Å². The third-order valence-corrected chi connectivity index (χ3v) is 3.45. The van der Waals surface area contributed by atoms with Crippen LogP contribution in [0.5, 0.6) is 5.75 Å². The molecule has 1 aromatic carbocycles. The number of hydrogen-bond acceptors (Lipinski definition) is 5. The predicted molar refractivity (Wildman–Crippen MR) is 94.7 cm³/mol. The van der Waals surface area contributed by atoms with Crippen molar-refractivity contribution in [1.29, 1.82) is 0 Å². The first-order chi connectivity index (χ1) is 11.6. The summed E-state index contributed by atoms with van der Waals surface area (Å²) in [5.41, 5.74) is 0.316. The maximum Gasteiger partial charge on any atom is 0.349 e. The summed E-state index contributed by atoms with van der Waals surface area (Å²) in [5, 5.41) is 14.8. The van der Waals surface area contributed by atoms with E-state index in [2.05, 4.69) is 11.7 Å². The lowest BCUT2D eigenvalue weighted by molar-refractivity contribution is 0.174. The van der Waals surface area contributed by atoms with Gasteiger partial charge in [0.15, 0.2) is 0 Å². The predicted octanol–water partition coefficient (Wildman–Crippen LogP) is 4.37. The lowest BCUT2D eigenvalue weighted by Crippen LogP contribution is -2.16. The number of aromatic hydroxyl groups is 1. The number of nitrogens with zero attached hydrogens (tertiary/aromatic N) is 1. The van der Waals surface area contributed by atoms with E-state index in [1.807, 2.05) is 6.92 Å². The second-order valence-corrected chi connectivity index (χ2v) is 5.47. The van der Waals surface area contributed by atoms with Crippen LogP contribution >= 0.6 is 11.6 Å². The molecule has 0 radical (unpaired) electrons. The molecule has 0 saturated carbocycles. The summed E-state index contributed by atoms with van der Waals surface area (Å²) in [5.74, 6) is 0.0476. The lowest BCUT2D eigenvalue weighted by Gasteiger charge is -2.08. The highest BCUT2D eigenvalue weighted by atomic mass is 35.5. The molecule has 2 aromatic rings. The van der Waals surface area contributed by atoms with Crippen LogP contribution in [-0.4, -0.2) is 17.4 Å². The van der Waals surface area contributed by atoms with E-state index in [1.54, 1.807) is 30.3 Å². The Hall–Kier alpha value is -2.53. The van der Waals surface area contributed by atoms with E-state index in [4.69, 9.17) is 20.9 Å². The highest BCUT2D eigenvalue weighted by Crippen LogP contribution is 2.26. The second-order valence-electron chi connectivity index (χ2n) is 5.04. The summed E-state index contributed by atoms with van der Waals surface area (Å²) in [4.78, 5) is 17.4. The highest BCUT2D eigenvalue weighted by molar-refractivity contribution is 6.30. The molecule has 0 unspecified atom stereocenters. The summed E-state index contributed by atoms with van der Waals surface area (Å²) in [7, 11) is 0. The number of rotatable bonds is 7. The van der Waals surface area contributed by atoms with Crippen molar-refractivity contribution in [2.24, 2.45) is 5.16 Å². The van der Waals surface area contributed by atoms with Crippen LogP contribution in [0.15, 0.2) is 57.4 Å². The number of halogens is 1. The number of hydrogen-bond donors (Lipinski definition) is 1. The molecule has 2 rings (SSSR count). The van der Waals surface area contributed by atoms with E-state index in [1.165, 1.54) is 6.07 Å². The maximum atomic E-state index is 12.3. The van der Waals surface area contributed by atoms with Gasteiger partial charge in [-0.3, -0.25) is 0 Å². The first-order valence-electron chi connectivity index (χ1n) is 7.50. The molecule has 1 heterocycles. The molecule has 126 valence electrons. The number of benzene rings is 1. The second kappa shape index (κ2) is 8.36. The van der Waals surface area contributed by atoms with Crippen molar-refractivity contribution in [3.8, 4) is 17.1 Å². The van der Waals surface area contributed by atoms with Gasteiger partial charge in [0.05, 0.1) is 5.71 Å². The van der Waals surface area contributed by atoms with Crippen molar-refractivity contribution >= 4 is 17.3 Å². The lowest BCUT2D eigenvalue weighted by atomic mass is 10.1. The molecule has 0 aliphatic heterocycles. The molecule has 0 bridgehead atoms. The summed E-state index contributed by atoms with van der Waals surface area (Å²) >= 11 is 5.85. The quantitative estimate of drug-likeness (QED) is 0.349. The molecule has 0 amide bonds. The molecule has 1 N–H and O–H groups in total. The van der Waals surface area contributed by atoms with Crippen LogP contribution in [0.1, 0.15) is 25.3 Å². The van der Waals surface area contributed by atoms with Crippen LogP contribution < -0.4 is 5.63 Å². The SMILES string of the molecule is C=CCO/N=C(\CCC)c1c(O)cc(-c2ccc(Cl)cc2)oc1=O. The standard InChI is InChI=1S/C18H18ClNO4/c1-3-5-14(20-23-10-4-2)17-15(21)11-16(24-18(17)22)12-6-8-13(19)9-7-12/h4,6-9,11,21H,2-3,5,10H2,1H3/b20-14+. The van der Waals surface area contributed by atoms with Crippen molar-refractivity contribution < 1.29 is 14.4 Å². The molecule has 0 saturated heterocycles. The molecule has 24 heavy (non-hydrogen) atoms. The first-order valence-corrected chi connectivity index (χ1v) is 7.87. The van der Waals surface area contributed by atoms with Gasteiger partial charge in [0, 0.05) is 16.7 Å². The maximum absolute atomic E-state index is 12.3. The minimum Gasteiger partial charge on any atom is -0.507 e. The van der Waals surface area contributed by atoms with Gasteiger partial charge in [-0.05, 0) is 30.7 Å². The Labute approximate surface area is 144 Å². The Morgan fingerprint density at radius 2 is 2.12 bits per heavy atom. The fourth-order valence-electron chi connectivity index (χ4n) is 2.12. The average Bonchev–Trinajstić information content (AvgIpc) is 2.55. The van der Waals surface area contributed by atoms with E-state index >= 15 is 0 Å². The van der Waals surface area contributed by atoms with Gasteiger partial charge in [0.25, 0.3) is 0 Å². The normalized spacial score (nSPS) is 11.3. The minimum absolute atomic E-state index is 0.0126. The molecule has 0 fully saturated rings. The zero-order chi connectivity index (χ0) is 17.5.